The van der Waals surface area contributed by atoms with Gasteiger partial charge < -0.3 is 32.3 Å². The van der Waals surface area contributed by atoms with Crippen LogP contribution in [-0.2, 0) is 14.4 Å². The van der Waals surface area contributed by atoms with E-state index in [4.69, 9.17) is 26.8 Å². The lowest BCUT2D eigenvalue weighted by molar-refractivity contribution is -0.143. The summed E-state index contributed by atoms with van der Waals surface area (Å²) in [6, 6.07) is -2.36. The van der Waals surface area contributed by atoms with Gasteiger partial charge in [-0.05, 0) is 19.3 Å². The van der Waals surface area contributed by atoms with Crippen molar-refractivity contribution in [1.82, 2.24) is 5.32 Å². The first-order valence-corrected chi connectivity index (χ1v) is 6.23. The normalized spacial score (nSPS) is 12.5. The molecule has 0 bridgehead atoms. The molecule has 2 atom stereocenters. The Morgan fingerprint density at radius 3 is 1.91 bits per heavy atom. The number of hydrogen-bond donors (Lipinski definition) is 6. The average molecular weight is 322 g/mol. The molecule has 0 heterocycles. The van der Waals surface area contributed by atoms with Crippen molar-refractivity contribution in [3.63, 3.8) is 0 Å². The van der Waals surface area contributed by atoms with Crippen LogP contribution >= 0.6 is 0 Å². The molecule has 0 saturated carbocycles. The van der Waals surface area contributed by atoms with Gasteiger partial charge in [-0.2, -0.15) is 0 Å². The molecular weight excluding hydrogens is 300 g/mol. The lowest BCUT2D eigenvalue weighted by Gasteiger charge is -2.19. The molecule has 0 spiro atoms. The zero-order valence-corrected chi connectivity index (χ0v) is 11.9. The lowest BCUT2D eigenvalue weighted by Crippen LogP contribution is -2.47. The average Bonchev–Trinajstić information content (AvgIpc) is 2.35. The van der Waals surface area contributed by atoms with Crippen LogP contribution in [0.3, 0.4) is 0 Å². The van der Waals surface area contributed by atoms with Gasteiger partial charge in [-0.3, -0.25) is 24.7 Å². The predicted octanol–water partition coefficient (Wildman–Crippen LogP) is -2.42. The fraction of sp³-hybridized carbons (Fsp3) is 0.636. The molecule has 11 nitrogen and oxygen atoms in total. The monoisotopic (exact) mass is 322 g/mol. The molecule has 0 aromatic carbocycles. The second-order valence-electron chi connectivity index (χ2n) is 4.33. The third-order valence-electron chi connectivity index (χ3n) is 2.59. The van der Waals surface area contributed by atoms with E-state index in [2.05, 4.69) is 10.3 Å². The standard InChI is InChI=1S/C11H20N4O6.H2O/c12-11(13)14-5-1-2-6(9(18)19)15-7(10(20)21)3-4-8(16)17;/h6-7,15H,1-5H2,(H,16,17)(H,18,19)(H,20,21)(H4,12,13,14);1H2/t6-,7?;/m0./s1. The first-order valence-electron chi connectivity index (χ1n) is 6.23. The lowest BCUT2D eigenvalue weighted by atomic mass is 10.1. The molecule has 0 amide bonds. The number of guanidine groups is 1. The molecule has 11 heteroatoms. The molecule has 10 N–H and O–H groups in total. The molecule has 0 aromatic rings. The van der Waals surface area contributed by atoms with Crippen LogP contribution < -0.4 is 16.8 Å². The van der Waals surface area contributed by atoms with Crippen LogP contribution in [0.1, 0.15) is 25.7 Å². The number of nitrogens with two attached hydrogens (primary N) is 2. The summed E-state index contributed by atoms with van der Waals surface area (Å²) in [7, 11) is 0. The molecular formula is C11H22N4O7. The van der Waals surface area contributed by atoms with E-state index >= 15 is 0 Å². The van der Waals surface area contributed by atoms with Crippen LogP contribution in [0.25, 0.3) is 0 Å². The fourth-order valence-electron chi connectivity index (χ4n) is 1.57. The van der Waals surface area contributed by atoms with Crippen molar-refractivity contribution >= 4 is 23.9 Å². The second-order valence-corrected chi connectivity index (χ2v) is 4.33. The Morgan fingerprint density at radius 2 is 1.50 bits per heavy atom. The van der Waals surface area contributed by atoms with Gasteiger partial charge in [0.25, 0.3) is 0 Å². The number of hydrogen-bond acceptors (Lipinski definition) is 5. The molecule has 128 valence electrons. The van der Waals surface area contributed by atoms with E-state index in [1.54, 1.807) is 0 Å². The molecule has 0 rings (SSSR count). The number of nitrogens with zero attached hydrogens (tertiary/aromatic N) is 1. The summed E-state index contributed by atoms with van der Waals surface area (Å²) in [6.45, 7) is 0.223. The van der Waals surface area contributed by atoms with E-state index in [-0.39, 0.29) is 37.2 Å². The van der Waals surface area contributed by atoms with E-state index in [0.29, 0.717) is 6.42 Å². The number of rotatable bonds is 11. The molecule has 0 fully saturated rings. The minimum absolute atomic E-state index is 0. The number of carboxylic acids is 3. The SMILES string of the molecule is NC(N)=NCCC[C@H](NC(CCC(=O)O)C(=O)O)C(=O)O.O. The van der Waals surface area contributed by atoms with Crippen LogP contribution in [0.15, 0.2) is 4.99 Å². The van der Waals surface area contributed by atoms with Gasteiger partial charge >= 0.3 is 17.9 Å². The number of carbonyl (C=O) groups is 3. The summed E-state index contributed by atoms with van der Waals surface area (Å²) in [4.78, 5) is 36.2. The Hall–Kier alpha value is -2.40. The zero-order chi connectivity index (χ0) is 16.4. The van der Waals surface area contributed by atoms with E-state index in [1.165, 1.54) is 0 Å². The summed E-state index contributed by atoms with van der Waals surface area (Å²) in [5.41, 5.74) is 10.2. The van der Waals surface area contributed by atoms with Crippen LogP contribution in [-0.4, -0.2) is 63.3 Å². The molecule has 0 aliphatic carbocycles. The second kappa shape index (κ2) is 11.3. The van der Waals surface area contributed by atoms with E-state index in [9.17, 15) is 14.4 Å². The molecule has 0 saturated heterocycles. The van der Waals surface area contributed by atoms with Gasteiger partial charge in [0, 0.05) is 13.0 Å². The van der Waals surface area contributed by atoms with Crippen molar-refractivity contribution in [2.75, 3.05) is 6.54 Å². The Bertz CT molecular complexity index is 409. The highest BCUT2D eigenvalue weighted by atomic mass is 16.4. The van der Waals surface area contributed by atoms with Crippen LogP contribution in [0, 0.1) is 0 Å². The fourth-order valence-corrected chi connectivity index (χ4v) is 1.57. The van der Waals surface area contributed by atoms with Crippen molar-refractivity contribution < 1.29 is 35.2 Å². The van der Waals surface area contributed by atoms with Gasteiger partial charge in [0.05, 0.1) is 0 Å². The largest absolute Gasteiger partial charge is 0.481 e. The van der Waals surface area contributed by atoms with Crippen molar-refractivity contribution in [1.29, 1.82) is 0 Å². The highest BCUT2D eigenvalue weighted by Crippen LogP contribution is 2.05. The number of aliphatic imine (C=N–C) groups is 1. The van der Waals surface area contributed by atoms with Gasteiger partial charge in [0.1, 0.15) is 12.1 Å². The van der Waals surface area contributed by atoms with Gasteiger partial charge in [-0.25, -0.2) is 0 Å². The molecule has 0 aromatic heterocycles. The Kier molecular flexibility index (Phi) is 11.2. The minimum atomic E-state index is -1.30. The highest BCUT2D eigenvalue weighted by molar-refractivity contribution is 5.78. The minimum Gasteiger partial charge on any atom is -0.481 e. The van der Waals surface area contributed by atoms with Crippen molar-refractivity contribution in [3.8, 4) is 0 Å². The first-order chi connectivity index (χ1) is 9.73. The Labute approximate surface area is 126 Å². The summed E-state index contributed by atoms with van der Waals surface area (Å²) >= 11 is 0. The molecule has 0 aliphatic heterocycles. The predicted molar refractivity (Wildman–Crippen MR) is 76.4 cm³/mol. The maximum absolute atomic E-state index is 11.1. The molecule has 0 radical (unpaired) electrons. The topological polar surface area (TPSA) is 220 Å². The molecule has 0 aliphatic rings. The zero-order valence-electron chi connectivity index (χ0n) is 11.9. The van der Waals surface area contributed by atoms with Gasteiger partial charge in [-0.15, -0.1) is 0 Å². The summed E-state index contributed by atoms with van der Waals surface area (Å²) in [6.07, 6.45) is -0.122. The van der Waals surface area contributed by atoms with Gasteiger partial charge in [0.2, 0.25) is 0 Å². The van der Waals surface area contributed by atoms with Crippen LogP contribution in [0.4, 0.5) is 0 Å². The van der Waals surface area contributed by atoms with Crippen LogP contribution in [0.2, 0.25) is 0 Å². The third-order valence-corrected chi connectivity index (χ3v) is 2.59. The first kappa shape index (κ1) is 21.9. The van der Waals surface area contributed by atoms with Crippen molar-refractivity contribution in [2.24, 2.45) is 16.5 Å². The molecule has 22 heavy (non-hydrogen) atoms. The highest BCUT2D eigenvalue weighted by Gasteiger charge is 2.25. The van der Waals surface area contributed by atoms with Crippen LogP contribution in [0.5, 0.6) is 0 Å². The van der Waals surface area contributed by atoms with E-state index in [1.807, 2.05) is 0 Å². The number of nitrogens with one attached hydrogen (secondary N) is 1. The Morgan fingerprint density at radius 1 is 1.00 bits per heavy atom. The van der Waals surface area contributed by atoms with E-state index in [0.717, 1.165) is 0 Å². The van der Waals surface area contributed by atoms with Crippen molar-refractivity contribution in [2.45, 2.75) is 37.8 Å². The van der Waals surface area contributed by atoms with Crippen molar-refractivity contribution in [3.05, 3.63) is 0 Å². The quantitative estimate of drug-likeness (QED) is 0.135. The smallest absolute Gasteiger partial charge is 0.320 e. The molecule has 1 unspecified atom stereocenters. The summed E-state index contributed by atoms with van der Waals surface area (Å²) in [5.74, 6) is -3.78. The van der Waals surface area contributed by atoms with E-state index < -0.39 is 30.0 Å². The summed E-state index contributed by atoms with van der Waals surface area (Å²) < 4.78 is 0. The van der Waals surface area contributed by atoms with Gasteiger partial charge in [0.15, 0.2) is 5.96 Å². The number of carboxylic acid groups (broad SMARTS) is 3. The van der Waals surface area contributed by atoms with Gasteiger partial charge in [-0.1, -0.05) is 0 Å². The number of aliphatic carboxylic acids is 3. The third kappa shape index (κ3) is 10.4. The maximum Gasteiger partial charge on any atom is 0.320 e. The maximum atomic E-state index is 11.1. The Balaban J connectivity index is 0. The summed E-state index contributed by atoms with van der Waals surface area (Å²) in [5, 5.41) is 29.0.